The topological polar surface area (TPSA) is 62.5 Å². The Morgan fingerprint density at radius 3 is 2.94 bits per heavy atom. The van der Waals surface area contributed by atoms with E-state index in [0.29, 0.717) is 11.5 Å². The van der Waals surface area contributed by atoms with E-state index in [4.69, 9.17) is 4.42 Å². The van der Waals surface area contributed by atoms with Gasteiger partial charge in [-0.2, -0.15) is 11.8 Å². The summed E-state index contributed by atoms with van der Waals surface area (Å²) in [5.41, 5.74) is 0.0726. The summed E-state index contributed by atoms with van der Waals surface area (Å²) in [5.74, 6) is 2.45. The van der Waals surface area contributed by atoms with Crippen molar-refractivity contribution in [3.63, 3.8) is 0 Å². The van der Waals surface area contributed by atoms with Gasteiger partial charge in [-0.15, -0.1) is 0 Å². The van der Waals surface area contributed by atoms with Gasteiger partial charge in [-0.3, -0.25) is 4.79 Å². The molecule has 5 heteroatoms. The van der Waals surface area contributed by atoms with Crippen LogP contribution in [0.4, 0.5) is 0 Å². The number of carbonyl (C=O) groups excluding carboxylic acids is 1. The van der Waals surface area contributed by atoms with E-state index in [1.807, 2.05) is 19.9 Å². The Kier molecular flexibility index (Phi) is 3.49. The van der Waals surface area contributed by atoms with Crippen molar-refractivity contribution in [2.24, 2.45) is 0 Å². The van der Waals surface area contributed by atoms with Crippen LogP contribution in [0.5, 0.6) is 0 Å². The molecule has 17 heavy (non-hydrogen) atoms. The Morgan fingerprint density at radius 1 is 1.65 bits per heavy atom. The molecule has 2 heterocycles. The molecule has 0 aromatic carbocycles. The number of furan rings is 1. The highest BCUT2D eigenvalue weighted by atomic mass is 32.2. The summed E-state index contributed by atoms with van der Waals surface area (Å²) < 4.78 is 5.33. The van der Waals surface area contributed by atoms with Gasteiger partial charge in [-0.1, -0.05) is 0 Å². The summed E-state index contributed by atoms with van der Waals surface area (Å²) in [6, 6.07) is 1.83. The molecule has 4 nitrogen and oxygen atoms in total. The van der Waals surface area contributed by atoms with Gasteiger partial charge in [0.25, 0.3) is 5.91 Å². The van der Waals surface area contributed by atoms with E-state index in [0.717, 1.165) is 23.5 Å². The summed E-state index contributed by atoms with van der Waals surface area (Å²) in [6.45, 7) is 3.94. The van der Waals surface area contributed by atoms with Crippen molar-refractivity contribution in [1.82, 2.24) is 5.32 Å². The lowest BCUT2D eigenvalue weighted by molar-refractivity contribution is 0.0602. The first-order chi connectivity index (χ1) is 8.00. The molecule has 1 aliphatic heterocycles. The van der Waals surface area contributed by atoms with Crippen LogP contribution in [0, 0.1) is 13.8 Å². The predicted octanol–water partition coefficient (Wildman–Crippen LogP) is 1.49. The zero-order chi connectivity index (χ0) is 12.5. The third kappa shape index (κ3) is 2.84. The molecule has 0 radical (unpaired) electrons. The predicted molar refractivity (Wildman–Crippen MR) is 67.4 cm³/mol. The Bertz CT molecular complexity index is 421. The van der Waals surface area contributed by atoms with Crippen molar-refractivity contribution in [3.05, 3.63) is 23.2 Å². The normalized spacial score (nSPS) is 23.9. The largest absolute Gasteiger partial charge is 0.456 e. The van der Waals surface area contributed by atoms with Crippen LogP contribution in [0.15, 0.2) is 10.5 Å². The fourth-order valence-electron chi connectivity index (χ4n) is 1.93. The minimum absolute atomic E-state index is 0.249. The van der Waals surface area contributed by atoms with Crippen LogP contribution in [0.3, 0.4) is 0 Å². The molecule has 1 unspecified atom stereocenters. The molecule has 2 rings (SSSR count). The summed E-state index contributed by atoms with van der Waals surface area (Å²) in [4.78, 5) is 11.9. The second-order valence-electron chi connectivity index (χ2n) is 4.58. The highest BCUT2D eigenvalue weighted by Crippen LogP contribution is 2.27. The number of aliphatic hydroxyl groups is 1. The molecule has 0 bridgehead atoms. The van der Waals surface area contributed by atoms with Crippen LogP contribution in [0.2, 0.25) is 0 Å². The van der Waals surface area contributed by atoms with Crippen molar-refractivity contribution >= 4 is 17.7 Å². The Balaban J connectivity index is 1.95. The maximum Gasteiger partial charge on any atom is 0.287 e. The zero-order valence-electron chi connectivity index (χ0n) is 10.1. The number of thioether (sulfide) groups is 1. The maximum atomic E-state index is 11.9. The molecule has 1 atom stereocenters. The van der Waals surface area contributed by atoms with Crippen LogP contribution in [0.1, 0.15) is 28.3 Å². The highest BCUT2D eigenvalue weighted by molar-refractivity contribution is 7.99. The Hall–Kier alpha value is -0.940. The molecule has 94 valence electrons. The molecule has 1 amide bonds. The third-order valence-corrected chi connectivity index (χ3v) is 4.14. The lowest BCUT2D eigenvalue weighted by atomic mass is 10.0. The van der Waals surface area contributed by atoms with Crippen molar-refractivity contribution in [2.75, 3.05) is 18.1 Å². The van der Waals surface area contributed by atoms with Gasteiger partial charge in [-0.25, -0.2) is 0 Å². The molecule has 1 fully saturated rings. The second-order valence-corrected chi connectivity index (χ2v) is 5.68. The van der Waals surface area contributed by atoms with Crippen LogP contribution in [0.25, 0.3) is 0 Å². The van der Waals surface area contributed by atoms with Gasteiger partial charge >= 0.3 is 0 Å². The highest BCUT2D eigenvalue weighted by Gasteiger charge is 2.32. The van der Waals surface area contributed by atoms with E-state index in [2.05, 4.69) is 5.32 Å². The van der Waals surface area contributed by atoms with Gasteiger partial charge in [0.05, 0.1) is 5.60 Å². The van der Waals surface area contributed by atoms with E-state index in [1.54, 1.807) is 11.8 Å². The van der Waals surface area contributed by atoms with Gasteiger partial charge in [-0.05, 0) is 32.1 Å². The van der Waals surface area contributed by atoms with Crippen LogP contribution >= 0.6 is 11.8 Å². The number of amides is 1. The fourth-order valence-corrected chi connectivity index (χ4v) is 3.22. The van der Waals surface area contributed by atoms with Crippen LogP contribution in [-0.4, -0.2) is 34.7 Å². The smallest absolute Gasteiger partial charge is 0.287 e. The van der Waals surface area contributed by atoms with Crippen molar-refractivity contribution in [1.29, 1.82) is 0 Å². The molecular weight excluding hydrogens is 238 g/mol. The molecule has 0 aliphatic carbocycles. The molecule has 1 aromatic heterocycles. The summed E-state index contributed by atoms with van der Waals surface area (Å²) in [7, 11) is 0. The van der Waals surface area contributed by atoms with Gasteiger partial charge in [0.2, 0.25) is 0 Å². The lowest BCUT2D eigenvalue weighted by Gasteiger charge is -2.21. The van der Waals surface area contributed by atoms with E-state index >= 15 is 0 Å². The lowest BCUT2D eigenvalue weighted by Crippen LogP contribution is -2.43. The fraction of sp³-hybridized carbons (Fsp3) is 0.583. The van der Waals surface area contributed by atoms with Gasteiger partial charge in [0, 0.05) is 17.9 Å². The monoisotopic (exact) mass is 255 g/mol. The molecule has 1 aliphatic rings. The van der Waals surface area contributed by atoms with E-state index < -0.39 is 5.60 Å². The van der Waals surface area contributed by atoms with Gasteiger partial charge < -0.3 is 14.8 Å². The average Bonchev–Trinajstić information content (AvgIpc) is 2.83. The van der Waals surface area contributed by atoms with Crippen LogP contribution in [-0.2, 0) is 0 Å². The summed E-state index contributed by atoms with van der Waals surface area (Å²) in [5, 5.41) is 12.8. The quantitative estimate of drug-likeness (QED) is 0.859. The number of hydrogen-bond donors (Lipinski definition) is 2. The number of rotatable bonds is 3. The summed E-state index contributed by atoms with van der Waals surface area (Å²) in [6.07, 6.45) is 0.730. The second kappa shape index (κ2) is 4.74. The minimum atomic E-state index is -0.754. The standard InChI is InChI=1S/C12H17NO3S/c1-8-5-9(2)16-10(8)11(14)13-6-12(15)3-4-17-7-12/h5,15H,3-4,6-7H2,1-2H3,(H,13,14). The van der Waals surface area contributed by atoms with Crippen molar-refractivity contribution in [3.8, 4) is 0 Å². The molecule has 2 N–H and O–H groups in total. The zero-order valence-corrected chi connectivity index (χ0v) is 10.9. The molecule has 0 spiro atoms. The first kappa shape index (κ1) is 12.5. The van der Waals surface area contributed by atoms with Gasteiger partial charge in [0.1, 0.15) is 5.76 Å². The van der Waals surface area contributed by atoms with E-state index in [1.165, 1.54) is 0 Å². The summed E-state index contributed by atoms with van der Waals surface area (Å²) >= 11 is 1.71. The Morgan fingerprint density at radius 2 is 2.41 bits per heavy atom. The SMILES string of the molecule is Cc1cc(C)c(C(=O)NCC2(O)CCSC2)o1. The number of carbonyl (C=O) groups is 1. The van der Waals surface area contributed by atoms with Crippen LogP contribution < -0.4 is 5.32 Å². The molecule has 1 saturated heterocycles. The number of nitrogens with one attached hydrogen (secondary N) is 1. The molecule has 1 aromatic rings. The number of aryl methyl sites for hydroxylation is 2. The van der Waals surface area contributed by atoms with E-state index in [9.17, 15) is 9.90 Å². The number of hydrogen-bond acceptors (Lipinski definition) is 4. The van der Waals surface area contributed by atoms with Gasteiger partial charge in [0.15, 0.2) is 5.76 Å². The third-order valence-electron chi connectivity index (χ3n) is 2.91. The average molecular weight is 255 g/mol. The first-order valence-electron chi connectivity index (χ1n) is 5.65. The van der Waals surface area contributed by atoms with Crippen molar-refractivity contribution in [2.45, 2.75) is 25.9 Å². The molecular formula is C12H17NO3S. The Labute approximate surface area is 105 Å². The first-order valence-corrected chi connectivity index (χ1v) is 6.81. The molecule has 0 saturated carbocycles. The maximum absolute atomic E-state index is 11.9. The van der Waals surface area contributed by atoms with Crippen molar-refractivity contribution < 1.29 is 14.3 Å². The van der Waals surface area contributed by atoms with E-state index in [-0.39, 0.29) is 12.5 Å². The minimum Gasteiger partial charge on any atom is -0.456 e.